The van der Waals surface area contributed by atoms with Gasteiger partial charge in [0, 0.05) is 55.5 Å². The Morgan fingerprint density at radius 3 is 1.90 bits per heavy atom. The molecule has 0 aromatic rings. The normalized spacial score (nSPS) is 11.2. The third-order valence-electron chi connectivity index (χ3n) is 0.507. The number of carbonyl (C=O) groups excluding carboxylic acids is 1. The number of hydrogen-bond donors (Lipinski definition) is 0. The molecule has 0 aliphatic heterocycles. The standard InChI is InChI=1S/C5H5F3O.Eu/c1-4(9)2-3-5(6,7)8;/h2-3H,1H3;. The van der Waals surface area contributed by atoms with E-state index < -0.39 is 12.0 Å². The number of halogens is 3. The summed E-state index contributed by atoms with van der Waals surface area (Å²) in [6.45, 7) is 1.06. The Hall–Kier alpha value is 0.784. The van der Waals surface area contributed by atoms with E-state index in [0.717, 1.165) is 6.92 Å². The van der Waals surface area contributed by atoms with Crippen molar-refractivity contribution in [2.45, 2.75) is 13.1 Å². The predicted molar refractivity (Wildman–Crippen MR) is 25.9 cm³/mol. The van der Waals surface area contributed by atoms with E-state index in [4.69, 9.17) is 0 Å². The summed E-state index contributed by atoms with van der Waals surface area (Å²) in [5.41, 5.74) is 0. The van der Waals surface area contributed by atoms with Gasteiger partial charge in [0.25, 0.3) is 0 Å². The average molecular weight is 290 g/mol. The van der Waals surface area contributed by atoms with Crippen LogP contribution in [0, 0.1) is 49.4 Å². The van der Waals surface area contributed by atoms with Gasteiger partial charge in [0.2, 0.25) is 0 Å². The largest absolute Gasteiger partial charge is 0.409 e. The van der Waals surface area contributed by atoms with Gasteiger partial charge < -0.3 is 0 Å². The van der Waals surface area contributed by atoms with Crippen molar-refractivity contribution in [3.8, 4) is 0 Å². The summed E-state index contributed by atoms with van der Waals surface area (Å²) in [4.78, 5) is 9.90. The smallest absolute Gasteiger partial charge is 0.295 e. The van der Waals surface area contributed by atoms with Crippen molar-refractivity contribution in [2.75, 3.05) is 0 Å². The second-order valence-electron chi connectivity index (χ2n) is 1.49. The molecule has 0 spiro atoms. The van der Waals surface area contributed by atoms with Crippen LogP contribution in [0.3, 0.4) is 0 Å². The molecule has 0 atom stereocenters. The Morgan fingerprint density at radius 2 is 1.80 bits per heavy atom. The van der Waals surface area contributed by atoms with E-state index in [9.17, 15) is 18.0 Å². The summed E-state index contributed by atoms with van der Waals surface area (Å²) >= 11 is 0. The van der Waals surface area contributed by atoms with Crippen molar-refractivity contribution >= 4 is 5.78 Å². The predicted octanol–water partition coefficient (Wildman–Crippen LogP) is 1.69. The van der Waals surface area contributed by atoms with Crippen molar-refractivity contribution < 1.29 is 67.3 Å². The first kappa shape index (κ1) is 13.4. The van der Waals surface area contributed by atoms with Gasteiger partial charge in [0.1, 0.15) is 0 Å². The van der Waals surface area contributed by atoms with Crippen LogP contribution in [0.2, 0.25) is 0 Å². The first-order valence-electron chi connectivity index (χ1n) is 2.18. The van der Waals surface area contributed by atoms with Gasteiger partial charge in [0.15, 0.2) is 5.78 Å². The van der Waals surface area contributed by atoms with Crippen molar-refractivity contribution in [3.63, 3.8) is 0 Å². The molecule has 0 N–H and O–H groups in total. The molecule has 5 heteroatoms. The van der Waals surface area contributed by atoms with Gasteiger partial charge in [-0.05, 0) is 13.0 Å². The molecule has 0 aliphatic carbocycles. The molecule has 0 unspecified atom stereocenters. The summed E-state index contributed by atoms with van der Waals surface area (Å²) in [5.74, 6) is -0.604. The summed E-state index contributed by atoms with van der Waals surface area (Å²) in [5, 5.41) is 0. The number of hydrogen-bond acceptors (Lipinski definition) is 1. The van der Waals surface area contributed by atoms with Crippen LogP contribution in [0.1, 0.15) is 6.92 Å². The molecule has 59 valence electrons. The Morgan fingerprint density at radius 1 is 1.40 bits per heavy atom. The number of allylic oxidation sites excluding steroid dienone is 2. The van der Waals surface area contributed by atoms with E-state index in [-0.39, 0.29) is 55.5 Å². The number of alkyl halides is 3. The number of ketones is 1. The van der Waals surface area contributed by atoms with Gasteiger partial charge >= 0.3 is 6.18 Å². The third-order valence-corrected chi connectivity index (χ3v) is 0.507. The molecule has 1 radical (unpaired) electrons. The minimum absolute atomic E-state index is 0. The molecule has 10 heavy (non-hydrogen) atoms. The van der Waals surface area contributed by atoms with Gasteiger partial charge in [0.05, 0.1) is 0 Å². The van der Waals surface area contributed by atoms with E-state index in [2.05, 4.69) is 0 Å². The molecule has 0 aliphatic rings. The maximum absolute atomic E-state index is 11.2. The minimum atomic E-state index is -4.37. The van der Waals surface area contributed by atoms with E-state index in [1.165, 1.54) is 0 Å². The van der Waals surface area contributed by atoms with Crippen LogP contribution >= 0.6 is 0 Å². The average Bonchev–Trinajstić information content (AvgIpc) is 1.59. The molecule has 0 aromatic carbocycles. The molecule has 0 rings (SSSR count). The molecule has 0 bridgehead atoms. The SMILES string of the molecule is CC(=O)C=CC(F)(F)F.[Eu]. The number of carbonyl (C=O) groups is 1. The quantitative estimate of drug-likeness (QED) is 0.672. The first-order valence-corrected chi connectivity index (χ1v) is 2.18. The fourth-order valence-electron chi connectivity index (χ4n) is 0.212. The molecule has 0 saturated heterocycles. The molecule has 0 saturated carbocycles. The van der Waals surface area contributed by atoms with Gasteiger partial charge in [-0.25, -0.2) is 0 Å². The molecule has 0 fully saturated rings. The Labute approximate surface area is 97.2 Å². The molecule has 1 nitrogen and oxygen atoms in total. The summed E-state index contributed by atoms with van der Waals surface area (Å²) in [6, 6.07) is 0. The minimum Gasteiger partial charge on any atom is -0.295 e. The van der Waals surface area contributed by atoms with Crippen LogP contribution in [-0.4, -0.2) is 12.0 Å². The van der Waals surface area contributed by atoms with Crippen molar-refractivity contribution in [3.05, 3.63) is 12.2 Å². The zero-order chi connectivity index (χ0) is 7.49. The Bertz CT molecular complexity index is 138. The van der Waals surface area contributed by atoms with Crippen molar-refractivity contribution in [2.24, 2.45) is 0 Å². The van der Waals surface area contributed by atoms with Crippen LogP contribution in [0.4, 0.5) is 13.2 Å². The fourth-order valence-corrected chi connectivity index (χ4v) is 0.212. The Balaban J connectivity index is 0. The van der Waals surface area contributed by atoms with Crippen LogP contribution in [0.15, 0.2) is 12.2 Å². The first-order chi connectivity index (χ1) is 3.92. The summed E-state index contributed by atoms with van der Waals surface area (Å²) in [6.07, 6.45) is -3.97. The maximum Gasteiger partial charge on any atom is 0.409 e. The second kappa shape index (κ2) is 5.44. The van der Waals surface area contributed by atoms with E-state index >= 15 is 0 Å². The van der Waals surface area contributed by atoms with Gasteiger partial charge in [-0.1, -0.05) is 0 Å². The molecule has 0 heterocycles. The van der Waals surface area contributed by atoms with Crippen LogP contribution in [-0.2, 0) is 4.79 Å². The van der Waals surface area contributed by atoms with E-state index in [1.807, 2.05) is 0 Å². The van der Waals surface area contributed by atoms with Crippen molar-refractivity contribution in [1.82, 2.24) is 0 Å². The van der Waals surface area contributed by atoms with E-state index in [1.54, 1.807) is 0 Å². The van der Waals surface area contributed by atoms with Crippen LogP contribution in [0.25, 0.3) is 0 Å². The fraction of sp³-hybridized carbons (Fsp3) is 0.400. The Kier molecular flexibility index (Phi) is 7.27. The van der Waals surface area contributed by atoms with E-state index in [0.29, 0.717) is 6.08 Å². The van der Waals surface area contributed by atoms with Gasteiger partial charge in [-0.3, -0.25) is 4.79 Å². The topological polar surface area (TPSA) is 17.1 Å². The molecule has 0 amide bonds. The molecular weight excluding hydrogens is 285 g/mol. The second-order valence-corrected chi connectivity index (χ2v) is 1.49. The van der Waals surface area contributed by atoms with Crippen LogP contribution < -0.4 is 0 Å². The van der Waals surface area contributed by atoms with Gasteiger partial charge in [-0.2, -0.15) is 13.2 Å². The van der Waals surface area contributed by atoms with Crippen LogP contribution in [0.5, 0.6) is 0 Å². The maximum atomic E-state index is 11.2. The zero-order valence-electron chi connectivity index (χ0n) is 5.07. The monoisotopic (exact) mass is 291 g/mol. The summed E-state index contributed by atoms with van der Waals surface area (Å²) in [7, 11) is 0. The van der Waals surface area contributed by atoms with Gasteiger partial charge in [-0.15, -0.1) is 0 Å². The summed E-state index contributed by atoms with van der Waals surface area (Å²) < 4.78 is 33.5. The van der Waals surface area contributed by atoms with Crippen molar-refractivity contribution in [1.29, 1.82) is 0 Å². The molecular formula is C5H5EuF3O. The number of rotatable bonds is 1. The molecule has 0 aromatic heterocycles. The third kappa shape index (κ3) is 11.6. The zero-order valence-corrected chi connectivity index (χ0v) is 7.50.